The number of hydrogen-bond acceptors (Lipinski definition) is 6. The number of cyclic esters (lactones) is 1. The topological polar surface area (TPSA) is 75.2 Å². The van der Waals surface area contributed by atoms with Gasteiger partial charge in [0.25, 0.3) is 5.91 Å². The minimum Gasteiger partial charge on any atom is -0.447 e. The molecule has 0 N–H and O–H groups in total. The quantitative estimate of drug-likeness (QED) is 0.631. The number of hydrogen-bond donors (Lipinski definition) is 0. The SMILES string of the molecule is CC.CCOC.Cc1cc(C)c(N2CCN(C(=O)c3ccc(N4CCOC4=O)cc3)CC2)nc1C. The smallest absolute Gasteiger partial charge is 0.414 e. The van der Waals surface area contributed by atoms with E-state index in [1.54, 1.807) is 36.3 Å². The molecule has 1 aromatic carbocycles. The van der Waals surface area contributed by atoms with E-state index >= 15 is 0 Å². The lowest BCUT2D eigenvalue weighted by Crippen LogP contribution is -2.49. The molecule has 4 rings (SSSR count). The zero-order valence-electron chi connectivity index (χ0n) is 22.3. The largest absolute Gasteiger partial charge is 0.447 e. The highest BCUT2D eigenvalue weighted by atomic mass is 16.6. The molecule has 35 heavy (non-hydrogen) atoms. The molecule has 2 fully saturated rings. The zero-order chi connectivity index (χ0) is 26.0. The number of ether oxygens (including phenoxy) is 2. The van der Waals surface area contributed by atoms with Crippen molar-refractivity contribution in [3.05, 3.63) is 52.7 Å². The number of aromatic nitrogens is 1. The Hall–Kier alpha value is -3.13. The van der Waals surface area contributed by atoms with Gasteiger partial charge in [-0.05, 0) is 63.1 Å². The second kappa shape index (κ2) is 13.7. The van der Waals surface area contributed by atoms with Crippen LogP contribution in [0.2, 0.25) is 0 Å². The summed E-state index contributed by atoms with van der Waals surface area (Å²) in [5.41, 5.74) is 4.81. The van der Waals surface area contributed by atoms with Gasteiger partial charge in [0.1, 0.15) is 12.4 Å². The molecule has 8 nitrogen and oxygen atoms in total. The van der Waals surface area contributed by atoms with E-state index in [-0.39, 0.29) is 12.0 Å². The van der Waals surface area contributed by atoms with Gasteiger partial charge in [0.05, 0.1) is 6.54 Å². The number of piperazine rings is 1. The Kier molecular flexibility index (Phi) is 11.0. The fraction of sp³-hybridized carbons (Fsp3) is 0.519. The molecule has 1 aromatic heterocycles. The average Bonchev–Trinajstić information content (AvgIpc) is 3.33. The van der Waals surface area contributed by atoms with Crippen LogP contribution in [-0.2, 0) is 9.47 Å². The van der Waals surface area contributed by atoms with Gasteiger partial charge in [-0.1, -0.05) is 19.9 Å². The molecule has 0 unspecified atom stereocenters. The van der Waals surface area contributed by atoms with Crippen LogP contribution < -0.4 is 9.80 Å². The Morgan fingerprint density at radius 2 is 1.60 bits per heavy atom. The molecule has 0 bridgehead atoms. The molecule has 0 spiro atoms. The molecule has 3 heterocycles. The highest BCUT2D eigenvalue weighted by Gasteiger charge is 2.26. The molecule has 2 amide bonds. The lowest BCUT2D eigenvalue weighted by Gasteiger charge is -2.36. The first-order valence-corrected chi connectivity index (χ1v) is 12.4. The fourth-order valence-electron chi connectivity index (χ4n) is 3.86. The van der Waals surface area contributed by atoms with Gasteiger partial charge < -0.3 is 19.3 Å². The fourth-order valence-corrected chi connectivity index (χ4v) is 3.86. The molecular formula is C27H40N4O4. The first kappa shape index (κ1) is 28.1. The van der Waals surface area contributed by atoms with Gasteiger partial charge >= 0.3 is 6.09 Å². The Balaban J connectivity index is 0.000000655. The van der Waals surface area contributed by atoms with Gasteiger partial charge in [-0.25, -0.2) is 9.78 Å². The van der Waals surface area contributed by atoms with Crippen LogP contribution >= 0.6 is 0 Å². The Labute approximate surface area is 209 Å². The van der Waals surface area contributed by atoms with Crippen LogP contribution in [0.5, 0.6) is 0 Å². The number of pyridine rings is 1. The van der Waals surface area contributed by atoms with E-state index < -0.39 is 0 Å². The molecular weight excluding hydrogens is 444 g/mol. The summed E-state index contributed by atoms with van der Waals surface area (Å²) in [5.74, 6) is 1.03. The molecule has 0 aliphatic carbocycles. The number of carbonyl (C=O) groups excluding carboxylic acids is 2. The van der Waals surface area contributed by atoms with Crippen molar-refractivity contribution >= 4 is 23.5 Å². The van der Waals surface area contributed by atoms with Crippen LogP contribution in [0.25, 0.3) is 0 Å². The normalized spacial score (nSPS) is 15.1. The van der Waals surface area contributed by atoms with E-state index in [9.17, 15) is 9.59 Å². The summed E-state index contributed by atoms with van der Waals surface area (Å²) >= 11 is 0. The van der Waals surface area contributed by atoms with Crippen LogP contribution in [0.1, 0.15) is 48.0 Å². The lowest BCUT2D eigenvalue weighted by molar-refractivity contribution is 0.0746. The van der Waals surface area contributed by atoms with Gasteiger partial charge in [-0.3, -0.25) is 9.69 Å². The summed E-state index contributed by atoms with van der Waals surface area (Å²) in [6.45, 7) is 16.8. The predicted octanol–water partition coefficient (Wildman–Crippen LogP) is 4.60. The van der Waals surface area contributed by atoms with Crippen molar-refractivity contribution in [1.82, 2.24) is 9.88 Å². The monoisotopic (exact) mass is 484 g/mol. The number of amides is 2. The molecule has 192 valence electrons. The molecule has 0 saturated carbocycles. The maximum atomic E-state index is 12.9. The maximum absolute atomic E-state index is 12.9. The average molecular weight is 485 g/mol. The second-order valence-corrected chi connectivity index (χ2v) is 8.20. The Bertz CT molecular complexity index is 968. The van der Waals surface area contributed by atoms with Crippen LogP contribution in [0, 0.1) is 20.8 Å². The van der Waals surface area contributed by atoms with E-state index in [0.717, 1.165) is 36.9 Å². The van der Waals surface area contributed by atoms with E-state index in [1.807, 2.05) is 32.6 Å². The van der Waals surface area contributed by atoms with E-state index in [1.165, 1.54) is 11.1 Å². The first-order valence-electron chi connectivity index (χ1n) is 12.4. The van der Waals surface area contributed by atoms with Gasteiger partial charge in [0.2, 0.25) is 0 Å². The summed E-state index contributed by atoms with van der Waals surface area (Å²) in [6.07, 6.45) is -0.338. The van der Waals surface area contributed by atoms with E-state index in [2.05, 4.69) is 29.6 Å². The molecule has 2 aliphatic heterocycles. The predicted molar refractivity (Wildman–Crippen MR) is 141 cm³/mol. The van der Waals surface area contributed by atoms with E-state index in [4.69, 9.17) is 9.72 Å². The lowest BCUT2D eigenvalue weighted by atomic mass is 10.1. The number of methoxy groups -OCH3 is 1. The minimum absolute atomic E-state index is 0.0185. The summed E-state index contributed by atoms with van der Waals surface area (Å²) in [5, 5.41) is 0. The van der Waals surface area contributed by atoms with Crippen LogP contribution in [0.3, 0.4) is 0 Å². The van der Waals surface area contributed by atoms with Crippen LogP contribution in [0.15, 0.2) is 30.3 Å². The Morgan fingerprint density at radius 3 is 2.11 bits per heavy atom. The summed E-state index contributed by atoms with van der Waals surface area (Å²) < 4.78 is 9.51. The third-order valence-electron chi connectivity index (χ3n) is 5.97. The van der Waals surface area contributed by atoms with Crippen molar-refractivity contribution in [2.24, 2.45) is 0 Å². The minimum atomic E-state index is -0.338. The van der Waals surface area contributed by atoms with E-state index in [0.29, 0.717) is 31.8 Å². The highest BCUT2D eigenvalue weighted by Crippen LogP contribution is 2.23. The number of nitrogens with zero attached hydrogens (tertiary/aromatic N) is 4. The number of benzene rings is 1. The standard InChI is InChI=1S/C22H26N4O3.C3H8O.C2H6/c1-15-14-16(2)20(23-17(15)3)24-8-10-25(11-9-24)21(27)18-4-6-19(7-5-18)26-12-13-29-22(26)28;1-3-4-2;1-2/h4-7,14H,8-13H2,1-3H3;3H2,1-2H3;1-2H3. The first-order chi connectivity index (χ1) is 16.8. The van der Waals surface area contributed by atoms with Crippen molar-refractivity contribution in [1.29, 1.82) is 0 Å². The third kappa shape index (κ3) is 7.18. The van der Waals surface area contributed by atoms with Crippen molar-refractivity contribution in [3.63, 3.8) is 0 Å². The number of aryl methyl sites for hydroxylation is 3. The number of carbonyl (C=O) groups is 2. The van der Waals surface area contributed by atoms with Gasteiger partial charge in [0.15, 0.2) is 0 Å². The zero-order valence-corrected chi connectivity index (χ0v) is 22.3. The van der Waals surface area contributed by atoms with Crippen molar-refractivity contribution in [2.45, 2.75) is 41.5 Å². The van der Waals surface area contributed by atoms with Gasteiger partial charge in [-0.2, -0.15) is 0 Å². The van der Waals surface area contributed by atoms with Gasteiger partial charge in [-0.15, -0.1) is 0 Å². The molecule has 8 heteroatoms. The summed E-state index contributed by atoms with van der Waals surface area (Å²) in [7, 11) is 1.68. The molecule has 0 atom stereocenters. The number of rotatable bonds is 4. The van der Waals surface area contributed by atoms with Crippen molar-refractivity contribution in [3.8, 4) is 0 Å². The summed E-state index contributed by atoms with van der Waals surface area (Å²) in [6, 6.07) is 9.35. The second-order valence-electron chi connectivity index (χ2n) is 8.20. The Morgan fingerprint density at radius 1 is 1.00 bits per heavy atom. The van der Waals surface area contributed by atoms with Crippen LogP contribution in [0.4, 0.5) is 16.3 Å². The summed E-state index contributed by atoms with van der Waals surface area (Å²) in [4.78, 5) is 35.0. The number of anilines is 2. The molecule has 0 radical (unpaired) electrons. The molecule has 2 aliphatic rings. The third-order valence-corrected chi connectivity index (χ3v) is 5.97. The molecule has 2 aromatic rings. The van der Waals surface area contributed by atoms with Crippen molar-refractivity contribution in [2.75, 3.05) is 62.8 Å². The molecule has 2 saturated heterocycles. The van der Waals surface area contributed by atoms with Crippen molar-refractivity contribution < 1.29 is 19.1 Å². The maximum Gasteiger partial charge on any atom is 0.414 e. The highest BCUT2D eigenvalue weighted by molar-refractivity contribution is 5.96. The van der Waals surface area contributed by atoms with Gasteiger partial charge in [0, 0.05) is 56.8 Å². The van der Waals surface area contributed by atoms with Crippen LogP contribution in [-0.4, -0.2) is 74.9 Å².